The number of carbonyl (C=O) groups excluding carboxylic acids is 1. The molecule has 0 bridgehead atoms. The monoisotopic (exact) mass is 324 g/mol. The van der Waals surface area contributed by atoms with Gasteiger partial charge in [0.15, 0.2) is 0 Å². The Morgan fingerprint density at radius 3 is 2.21 bits per heavy atom. The third-order valence-corrected chi connectivity index (χ3v) is 4.46. The number of piperidine rings is 1. The second-order valence-electron chi connectivity index (χ2n) is 6.38. The SMILES string of the molecule is O=C(NCc1ccc(CN2CCCCC2)cc1)c1ccc(O)cc1. The molecule has 0 spiro atoms. The molecule has 1 fully saturated rings. The van der Waals surface area contributed by atoms with Crippen LogP contribution < -0.4 is 5.32 Å². The molecule has 1 aliphatic rings. The lowest BCUT2D eigenvalue weighted by Crippen LogP contribution is -2.29. The molecule has 0 aliphatic carbocycles. The number of hydrogen-bond acceptors (Lipinski definition) is 3. The molecule has 1 heterocycles. The molecule has 0 aromatic heterocycles. The number of aromatic hydroxyl groups is 1. The predicted octanol–water partition coefficient (Wildman–Crippen LogP) is 3.31. The summed E-state index contributed by atoms with van der Waals surface area (Å²) < 4.78 is 0. The van der Waals surface area contributed by atoms with Crippen LogP contribution in [0.25, 0.3) is 0 Å². The van der Waals surface area contributed by atoms with Crippen LogP contribution >= 0.6 is 0 Å². The van der Waals surface area contributed by atoms with Crippen molar-refractivity contribution in [2.45, 2.75) is 32.4 Å². The first-order valence-electron chi connectivity index (χ1n) is 8.58. The molecule has 1 amide bonds. The Labute approximate surface area is 143 Å². The molecule has 3 rings (SSSR count). The number of phenolic OH excluding ortho intramolecular Hbond substituents is 1. The van der Waals surface area contributed by atoms with Crippen molar-refractivity contribution in [2.75, 3.05) is 13.1 Å². The maximum atomic E-state index is 12.1. The van der Waals surface area contributed by atoms with Gasteiger partial charge in [-0.2, -0.15) is 0 Å². The highest BCUT2D eigenvalue weighted by molar-refractivity contribution is 5.94. The number of nitrogens with zero attached hydrogens (tertiary/aromatic N) is 1. The van der Waals surface area contributed by atoms with Crippen LogP contribution in [0.3, 0.4) is 0 Å². The fourth-order valence-electron chi connectivity index (χ4n) is 3.04. The van der Waals surface area contributed by atoms with Gasteiger partial charge in [0.05, 0.1) is 0 Å². The van der Waals surface area contributed by atoms with Crippen LogP contribution in [0.5, 0.6) is 5.75 Å². The molecule has 24 heavy (non-hydrogen) atoms. The highest BCUT2D eigenvalue weighted by Gasteiger charge is 2.10. The molecule has 0 radical (unpaired) electrons. The molecular formula is C20H24N2O2. The zero-order valence-electron chi connectivity index (χ0n) is 13.9. The summed E-state index contributed by atoms with van der Waals surface area (Å²) in [6, 6.07) is 14.7. The molecule has 0 unspecified atom stereocenters. The molecule has 1 aliphatic heterocycles. The summed E-state index contributed by atoms with van der Waals surface area (Å²) in [5, 5.41) is 12.2. The number of amides is 1. The molecular weight excluding hydrogens is 300 g/mol. The Hall–Kier alpha value is -2.33. The average Bonchev–Trinajstić information content (AvgIpc) is 2.62. The van der Waals surface area contributed by atoms with Gasteiger partial charge in [-0.25, -0.2) is 0 Å². The second kappa shape index (κ2) is 7.97. The van der Waals surface area contributed by atoms with Crippen molar-refractivity contribution in [3.05, 3.63) is 65.2 Å². The van der Waals surface area contributed by atoms with E-state index >= 15 is 0 Å². The number of hydrogen-bond donors (Lipinski definition) is 2. The largest absolute Gasteiger partial charge is 0.508 e. The standard InChI is InChI=1S/C20H24N2O2/c23-19-10-8-18(9-11-19)20(24)21-14-16-4-6-17(7-5-16)15-22-12-2-1-3-13-22/h4-11,23H,1-3,12-15H2,(H,21,24). The molecule has 4 nitrogen and oxygen atoms in total. The zero-order chi connectivity index (χ0) is 16.8. The first kappa shape index (κ1) is 16.5. The van der Waals surface area contributed by atoms with Crippen molar-refractivity contribution in [1.29, 1.82) is 0 Å². The van der Waals surface area contributed by atoms with Crippen molar-refractivity contribution < 1.29 is 9.90 Å². The minimum absolute atomic E-state index is 0.132. The Kier molecular flexibility index (Phi) is 5.49. The number of phenols is 1. The van der Waals surface area contributed by atoms with E-state index in [0.29, 0.717) is 12.1 Å². The number of nitrogens with one attached hydrogen (secondary N) is 1. The Balaban J connectivity index is 1.50. The van der Waals surface area contributed by atoms with Crippen LogP contribution in [-0.2, 0) is 13.1 Å². The lowest BCUT2D eigenvalue weighted by Gasteiger charge is -2.26. The molecule has 126 valence electrons. The summed E-state index contributed by atoms with van der Waals surface area (Å²) >= 11 is 0. The minimum Gasteiger partial charge on any atom is -0.508 e. The van der Waals surface area contributed by atoms with Crippen molar-refractivity contribution in [1.82, 2.24) is 10.2 Å². The van der Waals surface area contributed by atoms with Crippen LogP contribution in [0.2, 0.25) is 0 Å². The highest BCUT2D eigenvalue weighted by atomic mass is 16.3. The third kappa shape index (κ3) is 4.59. The van der Waals surface area contributed by atoms with E-state index in [1.807, 2.05) is 0 Å². The van der Waals surface area contributed by atoms with E-state index in [4.69, 9.17) is 0 Å². The average molecular weight is 324 g/mol. The van der Waals surface area contributed by atoms with Crippen LogP contribution in [0.1, 0.15) is 40.7 Å². The van der Waals surface area contributed by atoms with E-state index in [1.54, 1.807) is 12.1 Å². The maximum absolute atomic E-state index is 12.1. The van der Waals surface area contributed by atoms with E-state index in [9.17, 15) is 9.90 Å². The highest BCUT2D eigenvalue weighted by Crippen LogP contribution is 2.14. The van der Waals surface area contributed by atoms with Crippen LogP contribution in [0.15, 0.2) is 48.5 Å². The fraction of sp³-hybridized carbons (Fsp3) is 0.350. The van der Waals surface area contributed by atoms with Crippen molar-refractivity contribution >= 4 is 5.91 Å². The van der Waals surface area contributed by atoms with Gasteiger partial charge in [-0.1, -0.05) is 30.7 Å². The second-order valence-corrected chi connectivity index (χ2v) is 6.38. The van der Waals surface area contributed by atoms with Gasteiger partial charge in [0.25, 0.3) is 5.91 Å². The van der Waals surface area contributed by atoms with Gasteiger partial charge in [-0.3, -0.25) is 9.69 Å². The smallest absolute Gasteiger partial charge is 0.251 e. The summed E-state index contributed by atoms with van der Waals surface area (Å²) in [5.41, 5.74) is 2.96. The molecule has 4 heteroatoms. The van der Waals surface area contributed by atoms with Gasteiger partial charge in [-0.05, 0) is 61.3 Å². The van der Waals surface area contributed by atoms with E-state index in [1.165, 1.54) is 50.0 Å². The summed E-state index contributed by atoms with van der Waals surface area (Å²) in [6.45, 7) is 3.92. The summed E-state index contributed by atoms with van der Waals surface area (Å²) in [4.78, 5) is 14.6. The van der Waals surface area contributed by atoms with Gasteiger partial charge >= 0.3 is 0 Å². The first-order valence-corrected chi connectivity index (χ1v) is 8.58. The van der Waals surface area contributed by atoms with E-state index in [-0.39, 0.29) is 11.7 Å². The van der Waals surface area contributed by atoms with Crippen LogP contribution in [0.4, 0.5) is 0 Å². The van der Waals surface area contributed by atoms with Crippen molar-refractivity contribution in [3.8, 4) is 5.75 Å². The Morgan fingerprint density at radius 2 is 1.54 bits per heavy atom. The van der Waals surface area contributed by atoms with Gasteiger partial charge in [-0.15, -0.1) is 0 Å². The van der Waals surface area contributed by atoms with Gasteiger partial charge in [0.2, 0.25) is 0 Å². The summed E-state index contributed by atoms with van der Waals surface area (Å²) in [5.74, 6) is 0.0308. The van der Waals surface area contributed by atoms with Crippen LogP contribution in [0, 0.1) is 0 Å². The van der Waals surface area contributed by atoms with Crippen molar-refractivity contribution in [3.63, 3.8) is 0 Å². The van der Waals surface area contributed by atoms with Gasteiger partial charge < -0.3 is 10.4 Å². The minimum atomic E-state index is -0.132. The predicted molar refractivity (Wildman–Crippen MR) is 94.8 cm³/mol. The zero-order valence-corrected chi connectivity index (χ0v) is 13.9. The van der Waals surface area contributed by atoms with E-state index in [2.05, 4.69) is 34.5 Å². The Morgan fingerprint density at radius 1 is 0.917 bits per heavy atom. The molecule has 2 aromatic rings. The normalized spacial score (nSPS) is 15.2. The lowest BCUT2D eigenvalue weighted by atomic mass is 10.1. The quantitative estimate of drug-likeness (QED) is 0.887. The number of benzene rings is 2. The topological polar surface area (TPSA) is 52.6 Å². The van der Waals surface area contributed by atoms with E-state index in [0.717, 1.165) is 12.1 Å². The lowest BCUT2D eigenvalue weighted by molar-refractivity contribution is 0.0951. The molecule has 2 N–H and O–H groups in total. The summed E-state index contributed by atoms with van der Waals surface area (Å²) in [6.07, 6.45) is 3.97. The third-order valence-electron chi connectivity index (χ3n) is 4.46. The fourth-order valence-corrected chi connectivity index (χ4v) is 3.04. The van der Waals surface area contributed by atoms with E-state index < -0.39 is 0 Å². The molecule has 2 aromatic carbocycles. The van der Waals surface area contributed by atoms with Gasteiger partial charge in [0, 0.05) is 18.7 Å². The number of carbonyl (C=O) groups is 1. The first-order chi connectivity index (χ1) is 11.7. The molecule has 0 saturated carbocycles. The number of likely N-dealkylation sites (tertiary alicyclic amines) is 1. The summed E-state index contributed by atoms with van der Waals surface area (Å²) in [7, 11) is 0. The maximum Gasteiger partial charge on any atom is 0.251 e. The van der Waals surface area contributed by atoms with Crippen LogP contribution in [-0.4, -0.2) is 29.0 Å². The molecule has 0 atom stereocenters. The molecule has 1 saturated heterocycles. The van der Waals surface area contributed by atoms with Crippen molar-refractivity contribution in [2.24, 2.45) is 0 Å². The Bertz CT molecular complexity index is 659. The number of rotatable bonds is 5. The van der Waals surface area contributed by atoms with Gasteiger partial charge in [0.1, 0.15) is 5.75 Å².